The Hall–Kier alpha value is -2.36. The topological polar surface area (TPSA) is 104 Å². The van der Waals surface area contributed by atoms with Crippen molar-refractivity contribution in [2.75, 3.05) is 32.7 Å². The highest BCUT2D eigenvalue weighted by Gasteiger charge is 2.34. The van der Waals surface area contributed by atoms with Crippen molar-refractivity contribution in [2.45, 2.75) is 130 Å². The van der Waals surface area contributed by atoms with Crippen molar-refractivity contribution in [1.82, 2.24) is 0 Å². The van der Waals surface area contributed by atoms with Crippen molar-refractivity contribution >= 4 is 34.7 Å². The SMILES string of the molecule is C=C(C=O)CO.C=C(CO)C(=O)OCC(CO)C1CCC(C2CCC(c3ccc(-c4ccc(CCCCC)cc4CC)cc3CC)CC2)CC1.CC.CSS. The zero-order chi connectivity index (χ0) is 41.2. The minimum atomic E-state index is -0.560. The van der Waals surface area contributed by atoms with Gasteiger partial charge in [0.25, 0.3) is 0 Å². The van der Waals surface area contributed by atoms with Gasteiger partial charge in [0.1, 0.15) is 6.29 Å². The Morgan fingerprint density at radius 2 is 1.47 bits per heavy atom. The van der Waals surface area contributed by atoms with E-state index in [1.807, 2.05) is 20.1 Å². The summed E-state index contributed by atoms with van der Waals surface area (Å²) >= 11 is 3.71. The molecule has 3 N–H and O–H groups in total. The molecule has 2 aliphatic carbocycles. The number of thiol groups is 1. The number of carbonyl (C=O) groups excluding carboxylic acids is 2. The maximum Gasteiger partial charge on any atom is 0.335 e. The van der Waals surface area contributed by atoms with Crippen LogP contribution in [0.5, 0.6) is 0 Å². The predicted molar refractivity (Wildman–Crippen MR) is 238 cm³/mol. The normalized spacial score (nSPS) is 19.5. The van der Waals surface area contributed by atoms with Crippen LogP contribution in [0.15, 0.2) is 60.7 Å². The predicted octanol–water partition coefficient (Wildman–Crippen LogP) is 10.9. The molecule has 0 saturated heterocycles. The van der Waals surface area contributed by atoms with E-state index < -0.39 is 12.6 Å². The summed E-state index contributed by atoms with van der Waals surface area (Å²) in [7, 11) is 1.44. The van der Waals surface area contributed by atoms with E-state index in [2.05, 4.69) is 82.0 Å². The third kappa shape index (κ3) is 17.3. The number of unbranched alkanes of at least 4 members (excludes halogenated alkanes) is 2. The van der Waals surface area contributed by atoms with Crippen molar-refractivity contribution in [3.8, 4) is 11.1 Å². The summed E-state index contributed by atoms with van der Waals surface area (Å²) in [6.45, 7) is 17.2. The molecule has 0 heterocycles. The molecule has 2 aliphatic rings. The first-order valence-corrected chi connectivity index (χ1v) is 23.1. The van der Waals surface area contributed by atoms with E-state index in [9.17, 15) is 14.7 Å². The maximum absolute atomic E-state index is 11.9. The molecule has 0 bridgehead atoms. The fraction of sp³-hybridized carbons (Fsp3) is 0.617. The lowest BCUT2D eigenvalue weighted by Crippen LogP contribution is -2.31. The molecule has 2 aromatic rings. The first kappa shape index (κ1) is 50.7. The van der Waals surface area contributed by atoms with E-state index in [1.54, 1.807) is 5.56 Å². The lowest BCUT2D eigenvalue weighted by Gasteiger charge is -2.39. The Bertz CT molecular complexity index is 1390. The van der Waals surface area contributed by atoms with E-state index in [0.29, 0.717) is 18.1 Å². The summed E-state index contributed by atoms with van der Waals surface area (Å²) in [6.07, 6.45) is 19.4. The molecule has 55 heavy (non-hydrogen) atoms. The average molecular weight is 799 g/mol. The second-order valence-corrected chi connectivity index (χ2v) is 16.2. The molecule has 2 saturated carbocycles. The number of carbonyl (C=O) groups is 2. The Labute approximate surface area is 343 Å². The Morgan fingerprint density at radius 1 is 0.873 bits per heavy atom. The van der Waals surface area contributed by atoms with Crippen LogP contribution in [-0.2, 0) is 33.6 Å². The van der Waals surface area contributed by atoms with Crippen LogP contribution in [0.25, 0.3) is 11.1 Å². The fourth-order valence-corrected chi connectivity index (χ4v) is 8.15. The van der Waals surface area contributed by atoms with Crippen molar-refractivity contribution in [3.63, 3.8) is 0 Å². The summed E-state index contributed by atoms with van der Waals surface area (Å²) in [5, 5.41) is 27.1. The highest BCUT2D eigenvalue weighted by molar-refractivity contribution is 8.68. The molecule has 4 rings (SSSR count). The van der Waals surface area contributed by atoms with Crippen LogP contribution in [-0.4, -0.2) is 60.3 Å². The first-order chi connectivity index (χ1) is 26.6. The molecule has 2 fully saturated rings. The number of aryl methyl sites for hydroxylation is 3. The molecule has 1 atom stereocenters. The highest BCUT2D eigenvalue weighted by Crippen LogP contribution is 2.46. The van der Waals surface area contributed by atoms with Gasteiger partial charge in [-0.1, -0.05) is 97.0 Å². The Morgan fingerprint density at radius 3 is 1.96 bits per heavy atom. The molecular formula is C47H74O6S2. The smallest absolute Gasteiger partial charge is 0.335 e. The van der Waals surface area contributed by atoms with Gasteiger partial charge in [-0.25, -0.2) is 4.79 Å². The molecule has 6 nitrogen and oxygen atoms in total. The average Bonchev–Trinajstić information content (AvgIpc) is 3.24. The molecule has 0 spiro atoms. The molecule has 0 aromatic heterocycles. The zero-order valence-corrected chi connectivity index (χ0v) is 36.7. The molecular weight excluding hydrogens is 725 g/mol. The largest absolute Gasteiger partial charge is 0.462 e. The van der Waals surface area contributed by atoms with Gasteiger partial charge in [0, 0.05) is 18.1 Å². The van der Waals surface area contributed by atoms with Gasteiger partial charge < -0.3 is 20.1 Å². The van der Waals surface area contributed by atoms with E-state index in [-0.39, 0.29) is 36.9 Å². The van der Waals surface area contributed by atoms with Crippen LogP contribution in [0, 0.1) is 23.7 Å². The van der Waals surface area contributed by atoms with Crippen LogP contribution in [0.2, 0.25) is 0 Å². The third-order valence-electron chi connectivity index (χ3n) is 11.3. The molecule has 0 aliphatic heterocycles. The lowest BCUT2D eigenvalue weighted by molar-refractivity contribution is -0.142. The fourth-order valence-electron chi connectivity index (χ4n) is 8.15. The number of aliphatic hydroxyl groups excluding tert-OH is 3. The number of esters is 1. The van der Waals surface area contributed by atoms with Gasteiger partial charge in [0.05, 0.1) is 25.4 Å². The summed E-state index contributed by atoms with van der Waals surface area (Å²) in [5.74, 6) is 2.04. The van der Waals surface area contributed by atoms with Crippen LogP contribution in [0.4, 0.5) is 0 Å². The molecule has 0 radical (unpaired) electrons. The number of aldehydes is 1. The van der Waals surface area contributed by atoms with Gasteiger partial charge in [0.2, 0.25) is 0 Å². The van der Waals surface area contributed by atoms with Gasteiger partial charge in [0.15, 0.2) is 0 Å². The summed E-state index contributed by atoms with van der Waals surface area (Å²) in [4.78, 5) is 21.4. The van der Waals surface area contributed by atoms with Crippen molar-refractivity contribution in [2.24, 2.45) is 23.7 Å². The van der Waals surface area contributed by atoms with Gasteiger partial charge in [-0.2, -0.15) is 0 Å². The van der Waals surface area contributed by atoms with E-state index in [4.69, 9.17) is 14.9 Å². The van der Waals surface area contributed by atoms with Gasteiger partial charge >= 0.3 is 5.97 Å². The van der Waals surface area contributed by atoms with Crippen LogP contribution in [0.1, 0.15) is 133 Å². The minimum absolute atomic E-state index is 0.0298. The van der Waals surface area contributed by atoms with Crippen LogP contribution >= 0.6 is 22.5 Å². The summed E-state index contributed by atoms with van der Waals surface area (Å²) < 4.78 is 5.32. The van der Waals surface area contributed by atoms with Crippen molar-refractivity contribution in [1.29, 1.82) is 0 Å². The number of ether oxygens (including phenoxy) is 1. The maximum atomic E-state index is 11.9. The zero-order valence-electron chi connectivity index (χ0n) is 35.0. The second-order valence-electron chi connectivity index (χ2n) is 14.8. The number of rotatable bonds is 17. The molecule has 2 aromatic carbocycles. The van der Waals surface area contributed by atoms with Crippen LogP contribution < -0.4 is 0 Å². The van der Waals surface area contributed by atoms with Crippen molar-refractivity contribution < 1.29 is 29.6 Å². The van der Waals surface area contributed by atoms with Crippen molar-refractivity contribution in [3.05, 3.63) is 83.0 Å². The monoisotopic (exact) mass is 798 g/mol. The van der Waals surface area contributed by atoms with Gasteiger partial charge in [-0.15, -0.1) is 22.5 Å². The number of aliphatic hydroxyl groups is 3. The quantitative estimate of drug-likeness (QED) is 0.0315. The number of hydrogen-bond acceptors (Lipinski definition) is 8. The van der Waals surface area contributed by atoms with Gasteiger partial charge in [-0.05, 0) is 140 Å². The summed E-state index contributed by atoms with van der Waals surface area (Å²) in [5.41, 5.74) is 9.13. The molecule has 0 amide bonds. The lowest BCUT2D eigenvalue weighted by atomic mass is 9.66. The molecule has 8 heteroatoms. The summed E-state index contributed by atoms with van der Waals surface area (Å²) in [6, 6.07) is 14.5. The Kier molecular flexibility index (Phi) is 27.5. The molecule has 1 unspecified atom stereocenters. The second kappa shape index (κ2) is 29.8. The van der Waals surface area contributed by atoms with Gasteiger partial charge in [-0.3, -0.25) is 4.79 Å². The third-order valence-corrected chi connectivity index (χ3v) is 11.3. The van der Waals surface area contributed by atoms with E-state index in [0.717, 1.165) is 37.5 Å². The number of benzene rings is 2. The van der Waals surface area contributed by atoms with E-state index >= 15 is 0 Å². The highest BCUT2D eigenvalue weighted by atomic mass is 33.1. The first-order valence-electron chi connectivity index (χ1n) is 20.9. The molecule has 310 valence electrons. The standard InChI is InChI=1S/C40H58O4.C4H6O2.C2H6.CH4S2/c1-5-8-9-10-29-11-21-39(30(6-2)23-29)36-20-22-38(31(7-3)24-36)35-18-16-33(17-19-35)32-12-14-34(15-13-32)37(26-42)27-44-40(43)28(4)25-41;1-4(2-5)3-6;1-2;1-3-2/h11,20-24,32-35,37,41-42H,4-10,12-19,25-27H2,1-3H3;2,6H,1,3H2;1-2H3;2H,1H3. The minimum Gasteiger partial charge on any atom is -0.462 e. The van der Waals surface area contributed by atoms with Crippen LogP contribution in [0.3, 0.4) is 0 Å². The van der Waals surface area contributed by atoms with E-state index in [1.165, 1.54) is 103 Å². The Balaban J connectivity index is 0.00000122. The number of hydrogen-bond donors (Lipinski definition) is 4.